The van der Waals surface area contributed by atoms with Gasteiger partial charge in [0, 0.05) is 18.8 Å². The van der Waals surface area contributed by atoms with Crippen molar-refractivity contribution in [1.29, 1.82) is 0 Å². The maximum absolute atomic E-state index is 5.36. The number of nitrogens with zero attached hydrogens (tertiary/aromatic N) is 3. The molecule has 1 aromatic rings. The fraction of sp³-hybridized carbons (Fsp3) is 0.500. The van der Waals surface area contributed by atoms with Crippen LogP contribution in [0.15, 0.2) is 6.07 Å². The molecule has 0 aliphatic carbocycles. The Morgan fingerprint density at radius 1 is 1.27 bits per heavy atom. The highest BCUT2D eigenvalue weighted by molar-refractivity contribution is 5.37. The predicted octanol–water partition coefficient (Wildman–Crippen LogP) is 1.76. The monoisotopic (exact) mass is 201 g/mol. The summed E-state index contributed by atoms with van der Waals surface area (Å²) in [6.45, 7) is 4.05. The van der Waals surface area contributed by atoms with Gasteiger partial charge in [-0.15, -0.1) is 6.42 Å². The summed E-state index contributed by atoms with van der Waals surface area (Å²) in [7, 11) is 0. The van der Waals surface area contributed by atoms with E-state index in [0.717, 1.165) is 24.7 Å². The van der Waals surface area contributed by atoms with Crippen molar-refractivity contribution in [2.45, 2.75) is 26.2 Å². The topological polar surface area (TPSA) is 29.0 Å². The first-order chi connectivity index (χ1) is 7.29. The first kappa shape index (κ1) is 9.97. The second-order valence-electron chi connectivity index (χ2n) is 3.89. The van der Waals surface area contributed by atoms with Crippen LogP contribution in [0, 0.1) is 19.3 Å². The Balaban J connectivity index is 2.27. The van der Waals surface area contributed by atoms with Crippen LogP contribution in [0.2, 0.25) is 0 Å². The van der Waals surface area contributed by atoms with Crippen molar-refractivity contribution in [3.8, 4) is 12.3 Å². The van der Waals surface area contributed by atoms with Crippen molar-refractivity contribution in [2.75, 3.05) is 18.0 Å². The van der Waals surface area contributed by atoms with Crippen molar-refractivity contribution in [1.82, 2.24) is 9.97 Å². The van der Waals surface area contributed by atoms with E-state index in [2.05, 4.69) is 20.8 Å². The Morgan fingerprint density at radius 3 is 2.67 bits per heavy atom. The van der Waals surface area contributed by atoms with E-state index in [1.165, 1.54) is 19.3 Å². The number of hydrogen-bond acceptors (Lipinski definition) is 3. The van der Waals surface area contributed by atoms with Crippen molar-refractivity contribution < 1.29 is 0 Å². The van der Waals surface area contributed by atoms with Gasteiger partial charge in [-0.05, 0) is 32.3 Å². The van der Waals surface area contributed by atoms with Gasteiger partial charge >= 0.3 is 0 Å². The normalized spacial score (nSPS) is 16.1. The van der Waals surface area contributed by atoms with Gasteiger partial charge in [0.2, 0.25) is 5.95 Å². The summed E-state index contributed by atoms with van der Waals surface area (Å²) in [5.74, 6) is 3.36. The molecule has 0 N–H and O–H groups in total. The third-order valence-electron chi connectivity index (χ3n) is 2.63. The first-order valence-electron chi connectivity index (χ1n) is 5.37. The molecule has 2 heterocycles. The number of rotatable bonds is 1. The van der Waals surface area contributed by atoms with E-state index in [-0.39, 0.29) is 0 Å². The van der Waals surface area contributed by atoms with E-state index in [9.17, 15) is 0 Å². The van der Waals surface area contributed by atoms with Crippen LogP contribution < -0.4 is 4.90 Å². The van der Waals surface area contributed by atoms with Gasteiger partial charge in [-0.2, -0.15) is 0 Å². The lowest BCUT2D eigenvalue weighted by Gasteiger charge is -2.26. The van der Waals surface area contributed by atoms with E-state index in [4.69, 9.17) is 6.42 Å². The maximum atomic E-state index is 5.36. The molecule has 0 aromatic carbocycles. The van der Waals surface area contributed by atoms with Crippen LogP contribution >= 0.6 is 0 Å². The van der Waals surface area contributed by atoms with E-state index in [1.54, 1.807) is 0 Å². The van der Waals surface area contributed by atoms with Gasteiger partial charge in [0.25, 0.3) is 0 Å². The fourth-order valence-corrected chi connectivity index (χ4v) is 1.86. The molecule has 0 radical (unpaired) electrons. The fourth-order valence-electron chi connectivity index (χ4n) is 1.86. The molecule has 0 bridgehead atoms. The second-order valence-corrected chi connectivity index (χ2v) is 3.89. The van der Waals surface area contributed by atoms with E-state index in [0.29, 0.717) is 5.69 Å². The van der Waals surface area contributed by atoms with E-state index in [1.807, 2.05) is 13.0 Å². The molecule has 0 atom stereocenters. The molecule has 0 spiro atoms. The zero-order valence-corrected chi connectivity index (χ0v) is 9.03. The summed E-state index contributed by atoms with van der Waals surface area (Å²) in [5, 5.41) is 0. The average Bonchev–Trinajstić information content (AvgIpc) is 2.29. The Hall–Kier alpha value is -1.56. The third-order valence-corrected chi connectivity index (χ3v) is 2.63. The molecule has 0 unspecified atom stereocenters. The van der Waals surface area contributed by atoms with Crippen molar-refractivity contribution >= 4 is 5.95 Å². The van der Waals surface area contributed by atoms with Gasteiger partial charge in [0.05, 0.1) is 0 Å². The predicted molar refractivity (Wildman–Crippen MR) is 60.8 cm³/mol. The molecule has 1 saturated heterocycles. The minimum absolute atomic E-state index is 0.683. The smallest absolute Gasteiger partial charge is 0.226 e. The van der Waals surface area contributed by atoms with Gasteiger partial charge in [-0.25, -0.2) is 9.97 Å². The summed E-state index contributed by atoms with van der Waals surface area (Å²) >= 11 is 0. The van der Waals surface area contributed by atoms with Crippen LogP contribution in [-0.4, -0.2) is 23.1 Å². The zero-order valence-electron chi connectivity index (χ0n) is 9.03. The van der Waals surface area contributed by atoms with Crippen LogP contribution in [0.5, 0.6) is 0 Å². The number of anilines is 1. The Bertz CT molecular complexity index is 386. The molecule has 3 nitrogen and oxygen atoms in total. The SMILES string of the molecule is C#Cc1cc(C)nc(N2CCCCC2)n1. The lowest BCUT2D eigenvalue weighted by atomic mass is 10.1. The van der Waals surface area contributed by atoms with Gasteiger partial charge in [-0.1, -0.05) is 5.92 Å². The summed E-state index contributed by atoms with van der Waals surface area (Å²) < 4.78 is 0. The molecule has 78 valence electrons. The quantitative estimate of drug-likeness (QED) is 0.648. The molecular weight excluding hydrogens is 186 g/mol. The lowest BCUT2D eigenvalue weighted by molar-refractivity contribution is 0.567. The largest absolute Gasteiger partial charge is 0.341 e. The van der Waals surface area contributed by atoms with Crippen molar-refractivity contribution in [2.24, 2.45) is 0 Å². The highest BCUT2D eigenvalue weighted by Gasteiger charge is 2.13. The Kier molecular flexibility index (Phi) is 2.86. The van der Waals surface area contributed by atoms with Crippen LogP contribution in [-0.2, 0) is 0 Å². The van der Waals surface area contributed by atoms with Gasteiger partial charge < -0.3 is 4.90 Å². The van der Waals surface area contributed by atoms with Crippen LogP contribution in [0.4, 0.5) is 5.95 Å². The van der Waals surface area contributed by atoms with Gasteiger partial charge in [0.15, 0.2) is 0 Å². The summed E-state index contributed by atoms with van der Waals surface area (Å²) in [4.78, 5) is 11.0. The highest BCUT2D eigenvalue weighted by atomic mass is 15.2. The molecule has 1 fully saturated rings. The molecule has 0 saturated carbocycles. The van der Waals surface area contributed by atoms with Gasteiger partial charge in [0.1, 0.15) is 5.69 Å². The van der Waals surface area contributed by atoms with Gasteiger partial charge in [-0.3, -0.25) is 0 Å². The van der Waals surface area contributed by atoms with Crippen LogP contribution in [0.1, 0.15) is 30.7 Å². The number of piperidine rings is 1. The number of terminal acetylenes is 1. The average molecular weight is 201 g/mol. The molecule has 1 aliphatic rings. The second kappa shape index (κ2) is 4.31. The number of aromatic nitrogens is 2. The summed E-state index contributed by atoms with van der Waals surface area (Å²) in [6, 6.07) is 1.84. The molecule has 1 aliphatic heterocycles. The highest BCUT2D eigenvalue weighted by Crippen LogP contribution is 2.16. The minimum atomic E-state index is 0.683. The molecule has 15 heavy (non-hydrogen) atoms. The third kappa shape index (κ3) is 2.27. The van der Waals surface area contributed by atoms with Crippen LogP contribution in [0.3, 0.4) is 0 Å². The Morgan fingerprint density at radius 2 is 2.00 bits per heavy atom. The standard InChI is InChI=1S/C12H15N3/c1-3-11-9-10(2)13-12(14-11)15-7-5-4-6-8-15/h1,9H,4-8H2,2H3. The summed E-state index contributed by atoms with van der Waals surface area (Å²) in [5.41, 5.74) is 1.63. The van der Waals surface area contributed by atoms with E-state index >= 15 is 0 Å². The maximum Gasteiger partial charge on any atom is 0.226 e. The first-order valence-corrected chi connectivity index (χ1v) is 5.37. The number of aryl methyl sites for hydroxylation is 1. The minimum Gasteiger partial charge on any atom is -0.341 e. The molecular formula is C12H15N3. The van der Waals surface area contributed by atoms with Crippen LogP contribution in [0.25, 0.3) is 0 Å². The molecule has 1 aromatic heterocycles. The van der Waals surface area contributed by atoms with Crippen molar-refractivity contribution in [3.63, 3.8) is 0 Å². The molecule has 2 rings (SSSR count). The van der Waals surface area contributed by atoms with E-state index < -0.39 is 0 Å². The van der Waals surface area contributed by atoms with Crippen molar-refractivity contribution in [3.05, 3.63) is 17.5 Å². The summed E-state index contributed by atoms with van der Waals surface area (Å²) in [6.07, 6.45) is 9.12. The molecule has 3 heteroatoms. The zero-order chi connectivity index (χ0) is 10.7. The Labute approximate surface area is 90.5 Å². The molecule has 0 amide bonds. The lowest BCUT2D eigenvalue weighted by Crippen LogP contribution is -2.31. The number of hydrogen-bond donors (Lipinski definition) is 0.